The molecule has 1 saturated heterocycles. The average Bonchev–Trinajstić information content (AvgIpc) is 2.70. The molecule has 0 amide bonds. The Morgan fingerprint density at radius 1 is 1.50 bits per heavy atom. The first-order valence-electron chi connectivity index (χ1n) is 6.26. The molecule has 1 aromatic rings. The van der Waals surface area contributed by atoms with E-state index in [0.717, 1.165) is 13.0 Å². The van der Waals surface area contributed by atoms with E-state index < -0.39 is 0 Å². The van der Waals surface area contributed by atoms with E-state index in [9.17, 15) is 9.90 Å². The molecule has 2 rings (SSSR count). The lowest BCUT2D eigenvalue weighted by Crippen LogP contribution is -2.38. The van der Waals surface area contributed by atoms with Crippen molar-refractivity contribution in [3.63, 3.8) is 0 Å². The second-order valence-electron chi connectivity index (χ2n) is 4.89. The standard InChI is InChI=1S/C14H18ClNO2/c1-10-6-7-16(13(10)9-17)8-14(18)11-4-2-3-5-12(11)15/h2-5,10,13,17H,6-9H2,1H3. The summed E-state index contributed by atoms with van der Waals surface area (Å²) in [5.41, 5.74) is 0.565. The number of aliphatic hydroxyl groups excluding tert-OH is 1. The van der Waals surface area contributed by atoms with Gasteiger partial charge in [-0.3, -0.25) is 9.69 Å². The lowest BCUT2D eigenvalue weighted by molar-refractivity contribution is 0.0866. The van der Waals surface area contributed by atoms with Crippen molar-refractivity contribution in [1.29, 1.82) is 0 Å². The zero-order chi connectivity index (χ0) is 13.1. The van der Waals surface area contributed by atoms with Crippen LogP contribution in [0.15, 0.2) is 24.3 Å². The van der Waals surface area contributed by atoms with Gasteiger partial charge in [0.1, 0.15) is 0 Å². The number of halogens is 1. The SMILES string of the molecule is CC1CCN(CC(=O)c2ccccc2Cl)C1CO. The zero-order valence-corrected chi connectivity index (χ0v) is 11.2. The van der Waals surface area contributed by atoms with Crippen LogP contribution in [-0.2, 0) is 0 Å². The van der Waals surface area contributed by atoms with Crippen LogP contribution >= 0.6 is 11.6 Å². The molecule has 2 atom stereocenters. The van der Waals surface area contributed by atoms with Crippen LogP contribution in [0.3, 0.4) is 0 Å². The van der Waals surface area contributed by atoms with Gasteiger partial charge in [0.2, 0.25) is 0 Å². The van der Waals surface area contributed by atoms with Crippen LogP contribution in [0.1, 0.15) is 23.7 Å². The third-order valence-electron chi connectivity index (χ3n) is 3.71. The number of rotatable bonds is 4. The zero-order valence-electron chi connectivity index (χ0n) is 10.5. The molecule has 98 valence electrons. The van der Waals surface area contributed by atoms with Gasteiger partial charge in [-0.25, -0.2) is 0 Å². The fourth-order valence-corrected chi connectivity index (χ4v) is 2.78. The third-order valence-corrected chi connectivity index (χ3v) is 4.04. The van der Waals surface area contributed by atoms with Gasteiger partial charge in [-0.1, -0.05) is 30.7 Å². The second-order valence-corrected chi connectivity index (χ2v) is 5.30. The largest absolute Gasteiger partial charge is 0.395 e. The number of hydrogen-bond acceptors (Lipinski definition) is 3. The molecule has 1 aromatic carbocycles. The Kier molecular flexibility index (Phi) is 4.38. The van der Waals surface area contributed by atoms with E-state index in [4.69, 9.17) is 11.6 Å². The molecule has 0 aromatic heterocycles. The van der Waals surface area contributed by atoms with Gasteiger partial charge in [-0.2, -0.15) is 0 Å². The summed E-state index contributed by atoms with van der Waals surface area (Å²) in [5.74, 6) is 0.460. The molecule has 18 heavy (non-hydrogen) atoms. The first-order valence-corrected chi connectivity index (χ1v) is 6.64. The summed E-state index contributed by atoms with van der Waals surface area (Å²) in [6.45, 7) is 3.42. The molecule has 1 aliphatic rings. The van der Waals surface area contributed by atoms with Gasteiger partial charge in [0, 0.05) is 11.6 Å². The van der Waals surface area contributed by atoms with Crippen molar-refractivity contribution >= 4 is 17.4 Å². The van der Waals surface area contributed by atoms with E-state index in [1.54, 1.807) is 12.1 Å². The Morgan fingerprint density at radius 3 is 2.89 bits per heavy atom. The Bertz CT molecular complexity index is 436. The smallest absolute Gasteiger partial charge is 0.178 e. The van der Waals surface area contributed by atoms with Crippen molar-refractivity contribution in [3.05, 3.63) is 34.9 Å². The number of carbonyl (C=O) groups excluding carboxylic acids is 1. The van der Waals surface area contributed by atoms with E-state index in [2.05, 4.69) is 11.8 Å². The van der Waals surface area contributed by atoms with E-state index in [-0.39, 0.29) is 18.4 Å². The number of aliphatic hydroxyl groups is 1. The van der Waals surface area contributed by atoms with Crippen LogP contribution < -0.4 is 0 Å². The normalized spacial score (nSPS) is 24.4. The fraction of sp³-hybridized carbons (Fsp3) is 0.500. The van der Waals surface area contributed by atoms with Crippen LogP contribution in [0, 0.1) is 5.92 Å². The highest BCUT2D eigenvalue weighted by Crippen LogP contribution is 2.24. The van der Waals surface area contributed by atoms with Crippen molar-refractivity contribution in [2.75, 3.05) is 19.7 Å². The molecular weight excluding hydrogens is 250 g/mol. The van der Waals surface area contributed by atoms with E-state index in [1.807, 2.05) is 12.1 Å². The Hall–Kier alpha value is -0.900. The highest BCUT2D eigenvalue weighted by atomic mass is 35.5. The topological polar surface area (TPSA) is 40.5 Å². The minimum Gasteiger partial charge on any atom is -0.395 e. The molecule has 0 saturated carbocycles. The second kappa shape index (κ2) is 5.83. The first-order chi connectivity index (χ1) is 8.63. The highest BCUT2D eigenvalue weighted by molar-refractivity contribution is 6.34. The number of carbonyl (C=O) groups is 1. The minimum absolute atomic E-state index is 0.0214. The van der Waals surface area contributed by atoms with Gasteiger partial charge in [0.15, 0.2) is 5.78 Å². The minimum atomic E-state index is 0.0214. The molecule has 1 heterocycles. The lowest BCUT2D eigenvalue weighted by atomic mass is 10.0. The fourth-order valence-electron chi connectivity index (χ4n) is 2.54. The van der Waals surface area contributed by atoms with E-state index in [0.29, 0.717) is 23.0 Å². The summed E-state index contributed by atoms with van der Waals surface area (Å²) in [6.07, 6.45) is 1.03. The van der Waals surface area contributed by atoms with Gasteiger partial charge in [0.05, 0.1) is 18.2 Å². The molecule has 0 aliphatic carbocycles. The number of likely N-dealkylation sites (tertiary alicyclic amines) is 1. The van der Waals surface area contributed by atoms with Gasteiger partial charge < -0.3 is 5.11 Å². The molecule has 0 radical (unpaired) electrons. The van der Waals surface area contributed by atoms with Crippen molar-refractivity contribution in [1.82, 2.24) is 4.90 Å². The molecule has 4 heteroatoms. The van der Waals surface area contributed by atoms with Crippen LogP contribution in [0.4, 0.5) is 0 Å². The Balaban J connectivity index is 2.06. The van der Waals surface area contributed by atoms with Crippen molar-refractivity contribution < 1.29 is 9.90 Å². The van der Waals surface area contributed by atoms with Crippen molar-refractivity contribution in [2.24, 2.45) is 5.92 Å². The Labute approximate surface area is 112 Å². The third kappa shape index (κ3) is 2.74. The monoisotopic (exact) mass is 267 g/mol. The van der Waals surface area contributed by atoms with Crippen molar-refractivity contribution in [3.8, 4) is 0 Å². The summed E-state index contributed by atoms with van der Waals surface area (Å²) >= 11 is 6.01. The number of Topliss-reactive ketones (excluding diaryl/α,β-unsaturated/α-hetero) is 1. The average molecular weight is 268 g/mol. The summed E-state index contributed by atoms with van der Waals surface area (Å²) < 4.78 is 0. The summed E-state index contributed by atoms with van der Waals surface area (Å²) in [7, 11) is 0. The van der Waals surface area contributed by atoms with Crippen molar-refractivity contribution in [2.45, 2.75) is 19.4 Å². The van der Waals surface area contributed by atoms with E-state index in [1.165, 1.54) is 0 Å². The predicted molar refractivity (Wildman–Crippen MR) is 72.0 cm³/mol. The lowest BCUT2D eigenvalue weighted by Gasteiger charge is -2.24. The number of nitrogens with zero attached hydrogens (tertiary/aromatic N) is 1. The maximum absolute atomic E-state index is 12.2. The molecular formula is C14H18ClNO2. The van der Waals surface area contributed by atoms with Crippen LogP contribution in [0.2, 0.25) is 5.02 Å². The Morgan fingerprint density at radius 2 is 2.22 bits per heavy atom. The van der Waals surface area contributed by atoms with E-state index >= 15 is 0 Å². The van der Waals surface area contributed by atoms with Gasteiger partial charge in [0.25, 0.3) is 0 Å². The summed E-state index contributed by atoms with van der Waals surface area (Å²) in [5, 5.41) is 9.86. The predicted octanol–water partition coefficient (Wildman–Crippen LogP) is 2.23. The van der Waals surface area contributed by atoms with Gasteiger partial charge >= 0.3 is 0 Å². The molecule has 1 N–H and O–H groups in total. The molecule has 1 aliphatic heterocycles. The number of ketones is 1. The van der Waals surface area contributed by atoms with Crippen LogP contribution in [0.25, 0.3) is 0 Å². The maximum Gasteiger partial charge on any atom is 0.178 e. The highest BCUT2D eigenvalue weighted by Gasteiger charge is 2.31. The molecule has 0 bridgehead atoms. The maximum atomic E-state index is 12.2. The van der Waals surface area contributed by atoms with Crippen LogP contribution in [-0.4, -0.2) is 41.5 Å². The number of benzene rings is 1. The quantitative estimate of drug-likeness (QED) is 0.851. The summed E-state index contributed by atoms with van der Waals surface area (Å²) in [6, 6.07) is 7.20. The van der Waals surface area contributed by atoms with Gasteiger partial charge in [-0.05, 0) is 31.0 Å². The molecule has 1 fully saturated rings. The molecule has 3 nitrogen and oxygen atoms in total. The summed E-state index contributed by atoms with van der Waals surface area (Å²) in [4.78, 5) is 14.2. The first kappa shape index (κ1) is 13.5. The molecule has 0 spiro atoms. The number of hydrogen-bond donors (Lipinski definition) is 1. The molecule has 2 unspecified atom stereocenters. The van der Waals surface area contributed by atoms with Crippen LogP contribution in [0.5, 0.6) is 0 Å². The van der Waals surface area contributed by atoms with Gasteiger partial charge in [-0.15, -0.1) is 0 Å².